The van der Waals surface area contributed by atoms with Crippen LogP contribution in [-0.2, 0) is 18.0 Å². The minimum Gasteiger partial charge on any atom is -0.462 e. The number of unbranched alkanes of at least 4 members (excludes halogenated alkanes) is 3. The maximum atomic E-state index is 13.6. The van der Waals surface area contributed by atoms with Crippen LogP contribution in [0, 0.1) is 0 Å². The number of rotatable bonds is 21. The van der Waals surface area contributed by atoms with Crippen LogP contribution in [0.4, 0.5) is 0 Å². The molecular weight excluding hydrogens is 717 g/mol. The average Bonchev–Trinajstić information content (AvgIpc) is 2.99. The summed E-state index contributed by atoms with van der Waals surface area (Å²) in [4.78, 5) is 13.6. The van der Waals surface area contributed by atoms with Crippen molar-refractivity contribution in [1.29, 1.82) is 0 Å². The Morgan fingerprint density at radius 3 is 1.48 bits per heavy atom. The predicted molar refractivity (Wildman–Crippen MR) is 243 cm³/mol. The SMILES string of the molecule is C=C[C@@H](O[Si](C)(C)C(C)(C)C)[C@H](C[C@@H](CCCCCCOC(=O)c1c(C(C)C)cc(C(C)C)cc1C(C)C)O[Si](C)(C)C(C)(C)C)O[Si](C)(C)C(C)(C)C. The first-order chi connectivity index (χ1) is 24.3. The average molecular weight is 805 g/mol. The van der Waals surface area contributed by atoms with Gasteiger partial charge in [-0.2, -0.15) is 0 Å². The van der Waals surface area contributed by atoms with Gasteiger partial charge in [-0.25, -0.2) is 4.79 Å². The van der Waals surface area contributed by atoms with Gasteiger partial charge in [-0.15, -0.1) is 6.58 Å². The monoisotopic (exact) mass is 805 g/mol. The van der Waals surface area contributed by atoms with Crippen LogP contribution in [0.1, 0.15) is 187 Å². The first-order valence-corrected chi connectivity index (χ1v) is 30.0. The maximum absolute atomic E-state index is 13.6. The summed E-state index contributed by atoms with van der Waals surface area (Å²) in [6.07, 6.45) is 7.44. The molecule has 0 heterocycles. The van der Waals surface area contributed by atoms with Crippen LogP contribution in [0.2, 0.25) is 54.4 Å². The molecule has 54 heavy (non-hydrogen) atoms. The lowest BCUT2D eigenvalue weighted by atomic mass is 9.84. The highest BCUT2D eigenvalue weighted by Crippen LogP contribution is 2.43. The van der Waals surface area contributed by atoms with Gasteiger partial charge < -0.3 is 18.0 Å². The Kier molecular flexibility index (Phi) is 19.0. The molecule has 0 saturated heterocycles. The summed E-state index contributed by atoms with van der Waals surface area (Å²) in [7, 11) is -6.32. The Morgan fingerprint density at radius 1 is 0.648 bits per heavy atom. The minimum atomic E-state index is -2.14. The summed E-state index contributed by atoms with van der Waals surface area (Å²) < 4.78 is 27.6. The molecule has 1 aromatic rings. The third-order valence-corrected chi connectivity index (χ3v) is 26.4. The Labute approximate surface area is 338 Å². The zero-order chi connectivity index (χ0) is 42.3. The number of hydrogen-bond donors (Lipinski definition) is 0. The fraction of sp³-hybridized carbons (Fsp3) is 0.804. The predicted octanol–water partition coefficient (Wildman–Crippen LogP) is 14.9. The minimum absolute atomic E-state index is 0.0571. The molecule has 0 N–H and O–H groups in total. The number of esters is 1. The molecule has 0 radical (unpaired) electrons. The van der Waals surface area contributed by atoms with Crippen LogP contribution < -0.4 is 0 Å². The van der Waals surface area contributed by atoms with Crippen molar-refractivity contribution in [3.8, 4) is 0 Å². The van der Waals surface area contributed by atoms with E-state index in [0.717, 1.165) is 55.2 Å². The molecule has 0 aliphatic rings. The summed E-state index contributed by atoms with van der Waals surface area (Å²) in [5.74, 6) is 0.728. The number of carbonyl (C=O) groups excluding carboxylic acids is 1. The first-order valence-electron chi connectivity index (χ1n) is 21.3. The van der Waals surface area contributed by atoms with Crippen LogP contribution in [-0.4, -0.2) is 55.8 Å². The van der Waals surface area contributed by atoms with E-state index in [4.69, 9.17) is 18.0 Å². The van der Waals surface area contributed by atoms with Crippen molar-refractivity contribution in [2.75, 3.05) is 6.61 Å². The lowest BCUT2D eigenvalue weighted by molar-refractivity contribution is 0.0230. The molecule has 0 bridgehead atoms. The van der Waals surface area contributed by atoms with E-state index in [0.29, 0.717) is 12.5 Å². The third kappa shape index (κ3) is 14.7. The standard InChI is InChI=1S/C46H88O5Si3/c1-23-40(50-53(19,20)45(11,12)13)41(51-54(21,22)46(14,15)16)32-37(49-52(17,18)44(8,9)10)28-26-24-25-27-29-48-43(47)42-38(34(4)5)30-36(33(2)3)31-39(42)35(6)7/h23,30-31,33-35,37,40-41H,1,24-29,32H2,2-22H3/t37-,40-,41+/m1/s1. The van der Waals surface area contributed by atoms with E-state index in [9.17, 15) is 4.79 Å². The first kappa shape index (κ1) is 51.0. The van der Waals surface area contributed by atoms with Crippen molar-refractivity contribution in [2.24, 2.45) is 0 Å². The molecule has 5 nitrogen and oxygen atoms in total. The van der Waals surface area contributed by atoms with E-state index < -0.39 is 25.0 Å². The lowest BCUT2D eigenvalue weighted by Gasteiger charge is -2.46. The molecule has 1 aromatic carbocycles. The van der Waals surface area contributed by atoms with Gasteiger partial charge in [-0.3, -0.25) is 0 Å². The van der Waals surface area contributed by atoms with Gasteiger partial charge in [-0.1, -0.05) is 141 Å². The van der Waals surface area contributed by atoms with Gasteiger partial charge in [0, 0.05) is 12.5 Å². The summed E-state index contributed by atoms with van der Waals surface area (Å²) in [6.45, 7) is 52.7. The van der Waals surface area contributed by atoms with E-state index >= 15 is 0 Å². The molecule has 1 rings (SSSR count). The van der Waals surface area contributed by atoms with E-state index in [1.807, 2.05) is 6.08 Å². The zero-order valence-electron chi connectivity index (χ0n) is 39.4. The van der Waals surface area contributed by atoms with Crippen molar-refractivity contribution >= 4 is 30.9 Å². The Bertz CT molecular complexity index is 1300. The van der Waals surface area contributed by atoms with Gasteiger partial charge in [0.2, 0.25) is 0 Å². The van der Waals surface area contributed by atoms with Gasteiger partial charge >= 0.3 is 5.97 Å². The lowest BCUT2D eigenvalue weighted by Crippen LogP contribution is -2.53. The molecule has 0 amide bonds. The molecule has 8 heteroatoms. The number of hydrogen-bond acceptors (Lipinski definition) is 5. The molecular formula is C46H88O5Si3. The highest BCUT2D eigenvalue weighted by Gasteiger charge is 2.46. The molecule has 0 unspecified atom stereocenters. The van der Waals surface area contributed by atoms with Crippen LogP contribution in [0.3, 0.4) is 0 Å². The van der Waals surface area contributed by atoms with Crippen LogP contribution in [0.5, 0.6) is 0 Å². The van der Waals surface area contributed by atoms with Crippen molar-refractivity contribution in [3.05, 3.63) is 47.0 Å². The second kappa shape index (κ2) is 20.1. The van der Waals surface area contributed by atoms with Crippen molar-refractivity contribution in [3.63, 3.8) is 0 Å². The fourth-order valence-corrected chi connectivity index (χ4v) is 9.95. The van der Waals surface area contributed by atoms with Crippen molar-refractivity contribution in [2.45, 2.75) is 233 Å². The van der Waals surface area contributed by atoms with E-state index in [2.05, 4.69) is 162 Å². The number of carbonyl (C=O) groups is 1. The molecule has 0 fully saturated rings. The molecule has 314 valence electrons. The van der Waals surface area contributed by atoms with E-state index in [1.165, 1.54) is 5.56 Å². The van der Waals surface area contributed by atoms with Gasteiger partial charge in [0.1, 0.15) is 0 Å². The van der Waals surface area contributed by atoms with Gasteiger partial charge in [-0.05, 0) is 102 Å². The molecule has 0 saturated carbocycles. The summed E-state index contributed by atoms with van der Waals surface area (Å²) in [6, 6.07) is 4.44. The van der Waals surface area contributed by atoms with Crippen molar-refractivity contribution in [1.82, 2.24) is 0 Å². The second-order valence-corrected chi connectivity index (χ2v) is 35.9. The van der Waals surface area contributed by atoms with Gasteiger partial charge in [0.05, 0.1) is 24.4 Å². The highest BCUT2D eigenvalue weighted by molar-refractivity contribution is 6.75. The Balaban J connectivity index is 3.20. The number of benzene rings is 1. The third-order valence-electron chi connectivity index (χ3n) is 12.8. The summed E-state index contributed by atoms with van der Waals surface area (Å²) in [5.41, 5.74) is 4.27. The van der Waals surface area contributed by atoms with E-state index in [-0.39, 0.29) is 51.2 Å². The quantitative estimate of drug-likeness (QED) is 0.0536. The molecule has 0 spiro atoms. The largest absolute Gasteiger partial charge is 0.462 e. The van der Waals surface area contributed by atoms with Crippen molar-refractivity contribution < 1.29 is 22.8 Å². The molecule has 0 aliphatic carbocycles. The topological polar surface area (TPSA) is 54.0 Å². The molecule has 0 aromatic heterocycles. The zero-order valence-corrected chi connectivity index (χ0v) is 42.4. The van der Waals surface area contributed by atoms with Crippen LogP contribution in [0.15, 0.2) is 24.8 Å². The molecule has 0 aliphatic heterocycles. The fourth-order valence-electron chi connectivity index (χ4n) is 5.93. The van der Waals surface area contributed by atoms with Gasteiger partial charge in [0.15, 0.2) is 25.0 Å². The highest BCUT2D eigenvalue weighted by atomic mass is 28.4. The Hall–Kier alpha value is -1.04. The van der Waals surface area contributed by atoms with Gasteiger partial charge in [0.25, 0.3) is 0 Å². The molecule has 3 atom stereocenters. The van der Waals surface area contributed by atoms with Crippen LogP contribution in [0.25, 0.3) is 0 Å². The smallest absolute Gasteiger partial charge is 0.338 e. The summed E-state index contributed by atoms with van der Waals surface area (Å²) in [5, 5.41) is 0.241. The Morgan fingerprint density at radius 2 is 1.07 bits per heavy atom. The second-order valence-electron chi connectivity index (χ2n) is 21.6. The van der Waals surface area contributed by atoms with E-state index in [1.54, 1.807) is 0 Å². The number of ether oxygens (including phenoxy) is 1. The maximum Gasteiger partial charge on any atom is 0.338 e. The van der Waals surface area contributed by atoms with Crippen LogP contribution >= 0.6 is 0 Å². The normalized spacial score (nSPS) is 15.6. The summed E-state index contributed by atoms with van der Waals surface area (Å²) >= 11 is 0.